The van der Waals surface area contributed by atoms with Gasteiger partial charge in [0.1, 0.15) is 11.6 Å². The molecular formula is C22H36N4O6. The number of carbonyl (C=O) groups excluding carboxylic acids is 3. The summed E-state index contributed by atoms with van der Waals surface area (Å²) >= 11 is 0. The maximum atomic E-state index is 13.6. The summed E-state index contributed by atoms with van der Waals surface area (Å²) in [5, 5.41) is 14.9. The van der Waals surface area contributed by atoms with Crippen LogP contribution in [0.1, 0.15) is 32.6 Å². The van der Waals surface area contributed by atoms with Crippen molar-refractivity contribution in [1.82, 2.24) is 20.4 Å². The van der Waals surface area contributed by atoms with Crippen molar-refractivity contribution in [3.05, 3.63) is 0 Å². The van der Waals surface area contributed by atoms with Gasteiger partial charge in [-0.2, -0.15) is 0 Å². The van der Waals surface area contributed by atoms with E-state index in [0.717, 1.165) is 19.6 Å². The molecule has 0 aromatic carbocycles. The molecule has 0 aromatic rings. The maximum absolute atomic E-state index is 13.6. The van der Waals surface area contributed by atoms with Gasteiger partial charge >= 0.3 is 0 Å². The van der Waals surface area contributed by atoms with Gasteiger partial charge in [0.25, 0.3) is 0 Å². The lowest BCUT2D eigenvalue weighted by Gasteiger charge is -2.34. The summed E-state index contributed by atoms with van der Waals surface area (Å²) in [6.45, 7) is 6.54. The van der Waals surface area contributed by atoms with Gasteiger partial charge in [-0.1, -0.05) is 0 Å². The molecule has 4 rings (SSSR count). The third-order valence-corrected chi connectivity index (χ3v) is 7.69. The smallest absolute Gasteiger partial charge is 0.245 e. The molecule has 1 spiro atoms. The molecule has 5 atom stereocenters. The van der Waals surface area contributed by atoms with Crippen molar-refractivity contribution in [2.45, 2.75) is 49.9 Å². The lowest BCUT2D eigenvalue weighted by atomic mass is 9.66. The molecule has 4 aliphatic rings. The second-order valence-electron chi connectivity index (χ2n) is 9.55. The van der Waals surface area contributed by atoms with E-state index < -0.39 is 29.1 Å². The Morgan fingerprint density at radius 1 is 1.16 bits per heavy atom. The summed E-state index contributed by atoms with van der Waals surface area (Å²) in [5.74, 6) is -1.89. The summed E-state index contributed by atoms with van der Waals surface area (Å²) in [6, 6.07) is -0.764. The number of fused-ring (bicyclic) bond motifs is 1. The number of aliphatic hydroxyl groups excluding tert-OH is 1. The summed E-state index contributed by atoms with van der Waals surface area (Å²) in [7, 11) is 1.57. The Morgan fingerprint density at radius 2 is 1.91 bits per heavy atom. The number of nitrogens with zero attached hydrogens (tertiary/aromatic N) is 2. The van der Waals surface area contributed by atoms with Crippen LogP contribution in [0, 0.1) is 11.8 Å². The van der Waals surface area contributed by atoms with Crippen LogP contribution in [0.15, 0.2) is 0 Å². The SMILES string of the molecule is CNC(=O)[C@H]1[C@H]2C(=O)N(CCCCO)C(C(=O)NCCN3CCOCC3)C23CC[C@]1(C)O3. The van der Waals surface area contributed by atoms with Crippen molar-refractivity contribution in [3.8, 4) is 0 Å². The molecule has 4 saturated heterocycles. The maximum Gasteiger partial charge on any atom is 0.245 e. The Morgan fingerprint density at radius 3 is 2.59 bits per heavy atom. The van der Waals surface area contributed by atoms with Gasteiger partial charge in [-0.15, -0.1) is 0 Å². The Labute approximate surface area is 189 Å². The van der Waals surface area contributed by atoms with Crippen LogP contribution in [-0.4, -0.2) is 109 Å². The van der Waals surface area contributed by atoms with Gasteiger partial charge < -0.3 is 30.1 Å². The topological polar surface area (TPSA) is 120 Å². The highest BCUT2D eigenvalue weighted by atomic mass is 16.5. The highest BCUT2D eigenvalue weighted by Crippen LogP contribution is 2.63. The Bertz CT molecular complexity index is 744. The van der Waals surface area contributed by atoms with Crippen molar-refractivity contribution in [2.75, 3.05) is 59.6 Å². The highest BCUT2D eigenvalue weighted by Gasteiger charge is 2.77. The van der Waals surface area contributed by atoms with Gasteiger partial charge in [-0.3, -0.25) is 19.3 Å². The molecule has 32 heavy (non-hydrogen) atoms. The fraction of sp³-hybridized carbons (Fsp3) is 0.864. The fourth-order valence-corrected chi connectivity index (χ4v) is 6.18. The molecule has 4 fully saturated rings. The Balaban J connectivity index is 1.54. The summed E-state index contributed by atoms with van der Waals surface area (Å²) < 4.78 is 11.9. The van der Waals surface area contributed by atoms with E-state index >= 15 is 0 Å². The average molecular weight is 453 g/mol. The summed E-state index contributed by atoms with van der Waals surface area (Å²) in [4.78, 5) is 43.7. The number of aliphatic hydroxyl groups is 1. The van der Waals surface area contributed by atoms with E-state index in [9.17, 15) is 19.5 Å². The number of morpholine rings is 1. The zero-order valence-corrected chi connectivity index (χ0v) is 19.1. The average Bonchev–Trinajstić information content (AvgIpc) is 3.35. The molecule has 4 aliphatic heterocycles. The molecule has 0 saturated carbocycles. The molecule has 3 amide bonds. The van der Waals surface area contributed by atoms with E-state index in [-0.39, 0.29) is 24.3 Å². The first-order valence-corrected chi connectivity index (χ1v) is 11.8. The van der Waals surface area contributed by atoms with Crippen molar-refractivity contribution >= 4 is 17.7 Å². The van der Waals surface area contributed by atoms with Crippen LogP contribution in [0.25, 0.3) is 0 Å². The number of carbonyl (C=O) groups is 3. The molecule has 3 N–H and O–H groups in total. The molecular weight excluding hydrogens is 416 g/mol. The highest BCUT2D eigenvalue weighted by molar-refractivity contribution is 5.99. The lowest BCUT2D eigenvalue weighted by molar-refractivity contribution is -0.146. The predicted octanol–water partition coefficient (Wildman–Crippen LogP) is -1.28. The van der Waals surface area contributed by atoms with Crippen LogP contribution in [0.3, 0.4) is 0 Å². The van der Waals surface area contributed by atoms with Gasteiger partial charge in [0.2, 0.25) is 17.7 Å². The van der Waals surface area contributed by atoms with Crippen LogP contribution < -0.4 is 10.6 Å². The van der Waals surface area contributed by atoms with Gasteiger partial charge in [-0.05, 0) is 32.6 Å². The van der Waals surface area contributed by atoms with Gasteiger partial charge in [-0.25, -0.2) is 0 Å². The minimum Gasteiger partial charge on any atom is -0.396 e. The zero-order valence-electron chi connectivity index (χ0n) is 19.1. The number of rotatable bonds is 9. The first kappa shape index (κ1) is 23.4. The van der Waals surface area contributed by atoms with Crippen molar-refractivity contribution in [3.63, 3.8) is 0 Å². The standard InChI is InChI=1S/C22H36N4O6/c1-21-5-6-22(32-21)16(15(21)18(28)23-2)20(30)26(8-3-4-12-27)17(22)19(29)24-7-9-25-10-13-31-14-11-25/h15-17,27H,3-14H2,1-2H3,(H,23,28)(H,24,29)/t15-,16+,17?,21+,22?/m1/s1. The zero-order chi connectivity index (χ0) is 22.9. The van der Waals surface area contributed by atoms with Gasteiger partial charge in [0.05, 0.1) is 30.7 Å². The first-order valence-electron chi connectivity index (χ1n) is 11.8. The minimum atomic E-state index is -0.981. The van der Waals surface area contributed by atoms with Crippen molar-refractivity contribution < 1.29 is 29.0 Å². The third-order valence-electron chi connectivity index (χ3n) is 7.69. The van der Waals surface area contributed by atoms with E-state index in [1.807, 2.05) is 6.92 Å². The quantitative estimate of drug-likeness (QED) is 0.373. The van der Waals surface area contributed by atoms with E-state index in [1.54, 1.807) is 11.9 Å². The normalized spacial score (nSPS) is 36.4. The van der Waals surface area contributed by atoms with Crippen LogP contribution in [0.4, 0.5) is 0 Å². The molecule has 2 unspecified atom stereocenters. The van der Waals surface area contributed by atoms with E-state index in [4.69, 9.17) is 9.47 Å². The molecule has 180 valence electrons. The molecule has 10 nitrogen and oxygen atoms in total. The lowest BCUT2D eigenvalue weighted by Crippen LogP contribution is -2.56. The molecule has 2 bridgehead atoms. The number of ether oxygens (including phenoxy) is 2. The number of hydrogen-bond acceptors (Lipinski definition) is 7. The van der Waals surface area contributed by atoms with Crippen LogP contribution in [0.2, 0.25) is 0 Å². The first-order chi connectivity index (χ1) is 15.4. The number of unbranched alkanes of at least 4 members (excludes halogenated alkanes) is 1. The Kier molecular flexibility index (Phi) is 6.76. The molecule has 0 radical (unpaired) electrons. The van der Waals surface area contributed by atoms with Crippen LogP contribution >= 0.6 is 0 Å². The number of likely N-dealkylation sites (tertiary alicyclic amines) is 1. The number of hydrogen-bond donors (Lipinski definition) is 3. The molecule has 0 aliphatic carbocycles. The van der Waals surface area contributed by atoms with E-state index in [1.165, 1.54) is 0 Å². The minimum absolute atomic E-state index is 0.0302. The second-order valence-corrected chi connectivity index (χ2v) is 9.55. The van der Waals surface area contributed by atoms with Crippen molar-refractivity contribution in [1.29, 1.82) is 0 Å². The largest absolute Gasteiger partial charge is 0.396 e. The second kappa shape index (κ2) is 9.24. The monoisotopic (exact) mass is 452 g/mol. The fourth-order valence-electron chi connectivity index (χ4n) is 6.18. The van der Waals surface area contributed by atoms with Crippen molar-refractivity contribution in [2.24, 2.45) is 11.8 Å². The van der Waals surface area contributed by atoms with E-state index in [0.29, 0.717) is 52.0 Å². The predicted molar refractivity (Wildman–Crippen MR) is 115 cm³/mol. The summed E-state index contributed by atoms with van der Waals surface area (Å²) in [6.07, 6.45) is 2.34. The third kappa shape index (κ3) is 3.81. The Hall–Kier alpha value is -1.75. The van der Waals surface area contributed by atoms with Gasteiger partial charge in [0, 0.05) is 46.4 Å². The molecule has 4 heterocycles. The number of amides is 3. The number of nitrogens with one attached hydrogen (secondary N) is 2. The van der Waals surface area contributed by atoms with Gasteiger partial charge in [0.15, 0.2) is 0 Å². The van der Waals surface area contributed by atoms with Crippen LogP contribution in [0.5, 0.6) is 0 Å². The van der Waals surface area contributed by atoms with E-state index in [2.05, 4.69) is 15.5 Å². The molecule has 10 heteroatoms. The van der Waals surface area contributed by atoms with Crippen LogP contribution in [-0.2, 0) is 23.9 Å². The summed E-state index contributed by atoms with van der Waals surface area (Å²) in [5.41, 5.74) is -1.73. The molecule has 0 aromatic heterocycles.